The highest BCUT2D eigenvalue weighted by molar-refractivity contribution is 6.30. The zero-order valence-electron chi connectivity index (χ0n) is 17.6. The summed E-state index contributed by atoms with van der Waals surface area (Å²) in [5.41, 5.74) is 1.88. The molecule has 0 bridgehead atoms. The van der Waals surface area contributed by atoms with Gasteiger partial charge in [0.1, 0.15) is 0 Å². The minimum atomic E-state index is -0.331. The molecular formula is C23H26ClN3O4. The minimum Gasteiger partial charge on any atom is -0.493 e. The van der Waals surface area contributed by atoms with Crippen LogP contribution in [-0.4, -0.2) is 63.7 Å². The van der Waals surface area contributed by atoms with E-state index in [2.05, 4.69) is 10.2 Å². The summed E-state index contributed by atoms with van der Waals surface area (Å²) in [6, 6.07) is 13.0. The molecule has 0 aliphatic carbocycles. The summed E-state index contributed by atoms with van der Waals surface area (Å²) in [7, 11) is 3.12. The van der Waals surface area contributed by atoms with Crippen molar-refractivity contribution in [2.24, 2.45) is 0 Å². The minimum absolute atomic E-state index is 0.0317. The number of nitrogens with zero attached hydrogens (tertiary/aromatic N) is 2. The van der Waals surface area contributed by atoms with E-state index in [0.717, 1.165) is 24.3 Å². The van der Waals surface area contributed by atoms with E-state index >= 15 is 0 Å². The third-order valence-corrected chi connectivity index (χ3v) is 5.32. The summed E-state index contributed by atoms with van der Waals surface area (Å²) in [6.07, 6.45) is 3.06. The van der Waals surface area contributed by atoms with Crippen molar-refractivity contribution in [3.05, 3.63) is 59.1 Å². The Balaban J connectivity index is 1.45. The molecule has 2 amide bonds. The van der Waals surface area contributed by atoms with Crippen LogP contribution in [-0.2, 0) is 9.59 Å². The monoisotopic (exact) mass is 443 g/mol. The molecular weight excluding hydrogens is 418 g/mol. The highest BCUT2D eigenvalue weighted by Crippen LogP contribution is 2.28. The van der Waals surface area contributed by atoms with Crippen molar-refractivity contribution in [1.29, 1.82) is 0 Å². The standard InChI is InChI=1S/C23H26ClN3O4/c1-30-20-9-3-17(15-21(20)31-2)4-10-22(28)25-16-23(29)27-13-11-26(12-14-27)19-7-5-18(24)6-8-19/h3-10,15H,11-14,16H2,1-2H3,(H,25,28)/b10-4+. The Kier molecular flexibility index (Phi) is 7.78. The van der Waals surface area contributed by atoms with Gasteiger partial charge in [-0.3, -0.25) is 9.59 Å². The Morgan fingerprint density at radius 1 is 1.00 bits per heavy atom. The molecule has 3 rings (SSSR count). The molecule has 0 spiro atoms. The second-order valence-corrected chi connectivity index (χ2v) is 7.45. The van der Waals surface area contributed by atoms with Gasteiger partial charge < -0.3 is 24.6 Å². The van der Waals surface area contributed by atoms with Gasteiger partial charge in [-0.2, -0.15) is 0 Å². The van der Waals surface area contributed by atoms with E-state index in [1.54, 1.807) is 37.3 Å². The van der Waals surface area contributed by atoms with Crippen LogP contribution in [0.25, 0.3) is 6.08 Å². The average Bonchev–Trinajstić information content (AvgIpc) is 2.81. The number of carbonyl (C=O) groups is 2. The van der Waals surface area contributed by atoms with Crippen molar-refractivity contribution in [2.75, 3.05) is 51.8 Å². The number of benzene rings is 2. The van der Waals surface area contributed by atoms with Crippen LogP contribution in [0.1, 0.15) is 5.56 Å². The van der Waals surface area contributed by atoms with Crippen LogP contribution in [0, 0.1) is 0 Å². The molecule has 1 N–H and O–H groups in total. The van der Waals surface area contributed by atoms with Crippen LogP contribution in [0.3, 0.4) is 0 Å². The average molecular weight is 444 g/mol. The van der Waals surface area contributed by atoms with Gasteiger partial charge in [0.2, 0.25) is 11.8 Å². The van der Waals surface area contributed by atoms with Crippen LogP contribution >= 0.6 is 11.6 Å². The van der Waals surface area contributed by atoms with Gasteiger partial charge in [0, 0.05) is 43.0 Å². The van der Waals surface area contributed by atoms with Gasteiger partial charge in [-0.05, 0) is 48.0 Å². The maximum Gasteiger partial charge on any atom is 0.244 e. The van der Waals surface area contributed by atoms with E-state index in [4.69, 9.17) is 21.1 Å². The van der Waals surface area contributed by atoms with Gasteiger partial charge in [0.15, 0.2) is 11.5 Å². The fourth-order valence-corrected chi connectivity index (χ4v) is 3.45. The van der Waals surface area contributed by atoms with Gasteiger partial charge in [0.25, 0.3) is 0 Å². The molecule has 0 aromatic heterocycles. The summed E-state index contributed by atoms with van der Waals surface area (Å²) >= 11 is 5.94. The van der Waals surface area contributed by atoms with Crippen LogP contribution < -0.4 is 19.7 Å². The zero-order chi connectivity index (χ0) is 22.2. The number of ether oxygens (including phenoxy) is 2. The molecule has 0 radical (unpaired) electrons. The number of piperazine rings is 1. The van der Waals surface area contributed by atoms with E-state index in [-0.39, 0.29) is 18.4 Å². The van der Waals surface area contributed by atoms with E-state index in [1.807, 2.05) is 30.3 Å². The maximum atomic E-state index is 12.4. The number of rotatable bonds is 7. The smallest absolute Gasteiger partial charge is 0.244 e. The Labute approximate surface area is 187 Å². The number of methoxy groups -OCH3 is 2. The number of anilines is 1. The molecule has 1 aliphatic heterocycles. The summed E-state index contributed by atoms with van der Waals surface area (Å²) < 4.78 is 10.4. The molecule has 8 heteroatoms. The molecule has 164 valence electrons. The lowest BCUT2D eigenvalue weighted by Crippen LogP contribution is -2.51. The fourth-order valence-electron chi connectivity index (χ4n) is 3.33. The van der Waals surface area contributed by atoms with E-state index in [1.165, 1.54) is 6.08 Å². The van der Waals surface area contributed by atoms with Crippen LogP contribution in [0.15, 0.2) is 48.5 Å². The first-order valence-corrected chi connectivity index (χ1v) is 10.3. The molecule has 1 saturated heterocycles. The number of nitrogens with one attached hydrogen (secondary N) is 1. The van der Waals surface area contributed by atoms with E-state index in [9.17, 15) is 9.59 Å². The second-order valence-electron chi connectivity index (χ2n) is 7.01. The van der Waals surface area contributed by atoms with Crippen molar-refractivity contribution in [3.63, 3.8) is 0 Å². The molecule has 1 heterocycles. The normalized spacial score (nSPS) is 13.9. The largest absolute Gasteiger partial charge is 0.493 e. The first kappa shape index (κ1) is 22.5. The lowest BCUT2D eigenvalue weighted by molar-refractivity contribution is -0.132. The van der Waals surface area contributed by atoms with Crippen LogP contribution in [0.4, 0.5) is 5.69 Å². The lowest BCUT2D eigenvalue weighted by atomic mass is 10.2. The van der Waals surface area contributed by atoms with Crippen molar-refractivity contribution < 1.29 is 19.1 Å². The Hall–Kier alpha value is -3.19. The molecule has 0 saturated carbocycles. The second kappa shape index (κ2) is 10.7. The van der Waals surface area contributed by atoms with Crippen molar-refractivity contribution in [3.8, 4) is 11.5 Å². The number of hydrogen-bond acceptors (Lipinski definition) is 5. The van der Waals surface area contributed by atoms with Crippen molar-refractivity contribution in [2.45, 2.75) is 0 Å². The maximum absolute atomic E-state index is 12.4. The fraction of sp³-hybridized carbons (Fsp3) is 0.304. The molecule has 1 aliphatic rings. The predicted octanol–water partition coefficient (Wildman–Crippen LogP) is 2.84. The third-order valence-electron chi connectivity index (χ3n) is 5.07. The molecule has 2 aromatic rings. The number of hydrogen-bond donors (Lipinski definition) is 1. The molecule has 2 aromatic carbocycles. The topological polar surface area (TPSA) is 71.1 Å². The highest BCUT2D eigenvalue weighted by atomic mass is 35.5. The molecule has 0 unspecified atom stereocenters. The van der Waals surface area contributed by atoms with Gasteiger partial charge in [0.05, 0.1) is 20.8 Å². The van der Waals surface area contributed by atoms with Gasteiger partial charge in [-0.15, -0.1) is 0 Å². The van der Waals surface area contributed by atoms with Crippen LogP contribution in [0.2, 0.25) is 5.02 Å². The lowest BCUT2D eigenvalue weighted by Gasteiger charge is -2.36. The summed E-state index contributed by atoms with van der Waals surface area (Å²) in [4.78, 5) is 28.5. The molecule has 1 fully saturated rings. The summed E-state index contributed by atoms with van der Waals surface area (Å²) in [5, 5.41) is 3.35. The van der Waals surface area contributed by atoms with Crippen LogP contribution in [0.5, 0.6) is 11.5 Å². The van der Waals surface area contributed by atoms with Crippen molar-refractivity contribution >= 4 is 35.2 Å². The predicted molar refractivity (Wildman–Crippen MR) is 122 cm³/mol. The molecule has 31 heavy (non-hydrogen) atoms. The van der Waals surface area contributed by atoms with Gasteiger partial charge in [-0.1, -0.05) is 17.7 Å². The summed E-state index contributed by atoms with van der Waals surface area (Å²) in [6.45, 7) is 2.66. The first-order chi connectivity index (χ1) is 15.0. The number of amides is 2. The van der Waals surface area contributed by atoms with E-state index in [0.29, 0.717) is 29.6 Å². The molecule has 0 atom stereocenters. The third kappa shape index (κ3) is 6.15. The number of carbonyl (C=O) groups excluding carboxylic acids is 2. The quantitative estimate of drug-likeness (QED) is 0.666. The highest BCUT2D eigenvalue weighted by Gasteiger charge is 2.21. The number of halogens is 1. The Morgan fingerprint density at radius 2 is 1.68 bits per heavy atom. The van der Waals surface area contributed by atoms with Gasteiger partial charge >= 0.3 is 0 Å². The molecule has 7 nitrogen and oxygen atoms in total. The zero-order valence-corrected chi connectivity index (χ0v) is 18.4. The van der Waals surface area contributed by atoms with Crippen molar-refractivity contribution in [1.82, 2.24) is 10.2 Å². The Morgan fingerprint density at radius 3 is 2.32 bits per heavy atom. The summed E-state index contributed by atoms with van der Waals surface area (Å²) in [5.74, 6) is 0.774. The Bertz CT molecular complexity index is 938. The first-order valence-electron chi connectivity index (χ1n) is 9.96. The SMILES string of the molecule is COc1ccc(/C=C/C(=O)NCC(=O)N2CCN(c3ccc(Cl)cc3)CC2)cc1OC. The van der Waals surface area contributed by atoms with Gasteiger partial charge in [-0.25, -0.2) is 0 Å². The van der Waals surface area contributed by atoms with E-state index < -0.39 is 0 Å².